The Bertz CT molecular complexity index is 1010. The van der Waals surface area contributed by atoms with E-state index in [4.69, 9.17) is 15.5 Å². The highest BCUT2D eigenvalue weighted by molar-refractivity contribution is 5.85. The van der Waals surface area contributed by atoms with E-state index >= 15 is 0 Å². The van der Waals surface area contributed by atoms with Crippen molar-refractivity contribution in [3.8, 4) is 5.75 Å². The lowest BCUT2D eigenvalue weighted by Crippen LogP contribution is -2.39. The fourth-order valence-corrected chi connectivity index (χ4v) is 3.89. The zero-order valence-corrected chi connectivity index (χ0v) is 16.5. The molecule has 3 aromatic rings. The maximum absolute atomic E-state index is 13.0. The Morgan fingerprint density at radius 2 is 2.00 bits per heavy atom. The molecule has 0 radical (unpaired) electrons. The third kappa shape index (κ3) is 4.13. The molecule has 7 nitrogen and oxygen atoms in total. The first-order valence-electron chi connectivity index (χ1n) is 9.95. The van der Waals surface area contributed by atoms with E-state index in [9.17, 15) is 4.79 Å². The molecule has 2 N–H and O–H groups in total. The number of aryl methyl sites for hydroxylation is 1. The molecule has 4 rings (SSSR count). The highest BCUT2D eigenvalue weighted by Gasteiger charge is 2.29. The predicted molar refractivity (Wildman–Crippen MR) is 111 cm³/mol. The number of likely N-dealkylation sites (tertiary alicyclic amines) is 1. The highest BCUT2D eigenvalue weighted by Crippen LogP contribution is 2.31. The van der Waals surface area contributed by atoms with Crippen LogP contribution in [-0.4, -0.2) is 39.4 Å². The predicted octanol–water partition coefficient (Wildman–Crippen LogP) is 3.30. The summed E-state index contributed by atoms with van der Waals surface area (Å²) in [6.45, 7) is 0.762. The van der Waals surface area contributed by atoms with Gasteiger partial charge in [0.25, 0.3) is 0 Å². The van der Waals surface area contributed by atoms with Crippen LogP contribution in [0.4, 0.5) is 5.82 Å². The molecule has 2 aromatic heterocycles. The van der Waals surface area contributed by atoms with E-state index in [1.54, 1.807) is 7.11 Å². The zero-order valence-electron chi connectivity index (χ0n) is 16.5. The van der Waals surface area contributed by atoms with Crippen LogP contribution in [0.3, 0.4) is 0 Å². The highest BCUT2D eigenvalue weighted by atomic mass is 16.5. The quantitative estimate of drug-likeness (QED) is 0.717. The molecule has 0 unspecified atom stereocenters. The molecule has 1 amide bonds. The minimum atomic E-state index is -0.0206. The van der Waals surface area contributed by atoms with Gasteiger partial charge in [-0.25, -0.2) is 15.0 Å². The number of rotatable bonds is 5. The number of amides is 1. The Hall–Kier alpha value is -3.22. The summed E-state index contributed by atoms with van der Waals surface area (Å²) < 4.78 is 5.19. The maximum Gasteiger partial charge on any atom is 0.223 e. The molecule has 1 aliphatic rings. The Balaban J connectivity index is 1.50. The van der Waals surface area contributed by atoms with Crippen LogP contribution in [0.15, 0.2) is 42.7 Å². The second-order valence-electron chi connectivity index (χ2n) is 7.31. The number of nitrogens with zero attached hydrogens (tertiary/aromatic N) is 4. The topological polar surface area (TPSA) is 94.2 Å². The zero-order chi connectivity index (χ0) is 20.2. The number of benzene rings is 1. The van der Waals surface area contributed by atoms with Gasteiger partial charge >= 0.3 is 0 Å². The first-order chi connectivity index (χ1) is 14.2. The van der Waals surface area contributed by atoms with Crippen LogP contribution in [-0.2, 0) is 11.2 Å². The van der Waals surface area contributed by atoms with E-state index in [1.807, 2.05) is 41.3 Å². The standard InChI is InChI=1S/C22H25N5O2/c1-29-16-8-5-15(6-9-16)7-12-20(28)27-13-3-2-4-19(27)18-11-10-17-21(23)24-14-25-22(17)26-18/h5-6,8-11,14,19H,2-4,7,12-13H2,1H3,(H2,23,24,25,26)/t19-/m0/s1. The summed E-state index contributed by atoms with van der Waals surface area (Å²) in [4.78, 5) is 27.9. The van der Waals surface area contributed by atoms with Crippen molar-refractivity contribution in [3.05, 3.63) is 54.0 Å². The number of nitrogen functional groups attached to an aromatic ring is 1. The molecule has 3 heterocycles. The van der Waals surface area contributed by atoms with E-state index < -0.39 is 0 Å². The smallest absolute Gasteiger partial charge is 0.223 e. The molecular weight excluding hydrogens is 366 g/mol. The number of hydrogen-bond donors (Lipinski definition) is 1. The fraction of sp³-hybridized carbons (Fsp3) is 0.364. The number of ether oxygens (including phenoxy) is 1. The van der Waals surface area contributed by atoms with Crippen molar-refractivity contribution in [2.45, 2.75) is 38.1 Å². The van der Waals surface area contributed by atoms with Crippen LogP contribution < -0.4 is 10.5 Å². The summed E-state index contributed by atoms with van der Waals surface area (Å²) in [6, 6.07) is 11.7. The van der Waals surface area contributed by atoms with Crippen molar-refractivity contribution < 1.29 is 9.53 Å². The molecule has 1 aromatic carbocycles. The van der Waals surface area contributed by atoms with Crippen molar-refractivity contribution in [2.24, 2.45) is 0 Å². The number of fused-ring (bicyclic) bond motifs is 1. The lowest BCUT2D eigenvalue weighted by molar-refractivity contribution is -0.135. The van der Waals surface area contributed by atoms with Gasteiger partial charge in [0.05, 0.1) is 24.2 Å². The number of hydrogen-bond acceptors (Lipinski definition) is 6. The summed E-state index contributed by atoms with van der Waals surface area (Å²) in [5, 5.41) is 0.740. The van der Waals surface area contributed by atoms with Crippen molar-refractivity contribution in [3.63, 3.8) is 0 Å². The molecule has 1 fully saturated rings. The summed E-state index contributed by atoms with van der Waals surface area (Å²) >= 11 is 0. The van der Waals surface area contributed by atoms with Gasteiger partial charge in [-0.1, -0.05) is 12.1 Å². The first kappa shape index (κ1) is 19.1. The molecule has 0 saturated carbocycles. The lowest BCUT2D eigenvalue weighted by Gasteiger charge is -2.35. The fourth-order valence-electron chi connectivity index (χ4n) is 3.89. The number of anilines is 1. The summed E-state index contributed by atoms with van der Waals surface area (Å²) in [5.41, 5.74) is 8.48. The SMILES string of the molecule is COc1ccc(CCC(=O)N2CCCC[C@H]2c2ccc3c(N)ncnc3n2)cc1. The van der Waals surface area contributed by atoms with Gasteiger partial charge in [-0.05, 0) is 55.5 Å². The van der Waals surface area contributed by atoms with Crippen molar-refractivity contribution in [2.75, 3.05) is 19.4 Å². The number of pyridine rings is 1. The van der Waals surface area contributed by atoms with Gasteiger partial charge < -0.3 is 15.4 Å². The van der Waals surface area contributed by atoms with E-state index in [2.05, 4.69) is 9.97 Å². The third-order valence-corrected chi connectivity index (χ3v) is 5.50. The molecule has 1 atom stereocenters. The van der Waals surface area contributed by atoms with Crippen LogP contribution in [0, 0.1) is 0 Å². The normalized spacial score (nSPS) is 16.7. The summed E-state index contributed by atoms with van der Waals surface area (Å²) in [5.74, 6) is 1.41. The molecule has 29 heavy (non-hydrogen) atoms. The minimum absolute atomic E-state index is 0.0206. The van der Waals surface area contributed by atoms with Crippen LogP contribution in [0.1, 0.15) is 43.0 Å². The van der Waals surface area contributed by atoms with Gasteiger partial charge in [-0.2, -0.15) is 0 Å². The van der Waals surface area contributed by atoms with E-state index in [0.717, 1.165) is 48.2 Å². The van der Waals surface area contributed by atoms with Gasteiger partial charge in [0.2, 0.25) is 5.91 Å². The van der Waals surface area contributed by atoms with E-state index in [1.165, 1.54) is 6.33 Å². The third-order valence-electron chi connectivity index (χ3n) is 5.50. The second-order valence-corrected chi connectivity index (χ2v) is 7.31. The minimum Gasteiger partial charge on any atom is -0.497 e. The van der Waals surface area contributed by atoms with Crippen LogP contribution in [0.5, 0.6) is 5.75 Å². The number of carbonyl (C=O) groups excluding carboxylic acids is 1. The Morgan fingerprint density at radius 3 is 2.79 bits per heavy atom. The Kier molecular flexibility index (Phi) is 5.55. The number of piperidine rings is 1. The second kappa shape index (κ2) is 8.43. The molecule has 150 valence electrons. The number of aromatic nitrogens is 3. The maximum atomic E-state index is 13.0. The first-order valence-corrected chi connectivity index (χ1v) is 9.95. The molecule has 7 heteroatoms. The van der Waals surface area contributed by atoms with Crippen molar-refractivity contribution in [1.82, 2.24) is 19.9 Å². The van der Waals surface area contributed by atoms with E-state index in [-0.39, 0.29) is 11.9 Å². The van der Waals surface area contributed by atoms with Gasteiger partial charge in [-0.3, -0.25) is 4.79 Å². The lowest BCUT2D eigenvalue weighted by atomic mass is 9.97. The molecule has 1 aliphatic heterocycles. The van der Waals surface area contributed by atoms with Gasteiger partial charge in [0.1, 0.15) is 17.9 Å². The monoisotopic (exact) mass is 391 g/mol. The molecular formula is C22H25N5O2. The molecule has 0 bridgehead atoms. The van der Waals surface area contributed by atoms with Gasteiger partial charge in [-0.15, -0.1) is 0 Å². The van der Waals surface area contributed by atoms with Gasteiger partial charge in [0.15, 0.2) is 5.65 Å². The number of carbonyl (C=O) groups is 1. The van der Waals surface area contributed by atoms with Crippen LogP contribution >= 0.6 is 0 Å². The average molecular weight is 391 g/mol. The van der Waals surface area contributed by atoms with Crippen molar-refractivity contribution in [1.29, 1.82) is 0 Å². The summed E-state index contributed by atoms with van der Waals surface area (Å²) in [7, 11) is 1.65. The van der Waals surface area contributed by atoms with E-state index in [0.29, 0.717) is 24.3 Å². The Labute approximate surface area is 169 Å². The summed E-state index contributed by atoms with van der Waals surface area (Å²) in [6.07, 6.45) is 5.62. The van der Waals surface area contributed by atoms with Crippen LogP contribution in [0.2, 0.25) is 0 Å². The molecule has 1 saturated heterocycles. The number of methoxy groups -OCH3 is 1. The molecule has 0 spiro atoms. The van der Waals surface area contributed by atoms with Gasteiger partial charge in [0, 0.05) is 13.0 Å². The number of nitrogens with two attached hydrogens (primary N) is 1. The largest absolute Gasteiger partial charge is 0.497 e. The Morgan fingerprint density at radius 1 is 1.17 bits per heavy atom. The average Bonchev–Trinajstić information content (AvgIpc) is 2.78. The van der Waals surface area contributed by atoms with Crippen LogP contribution in [0.25, 0.3) is 11.0 Å². The molecule has 0 aliphatic carbocycles. The van der Waals surface area contributed by atoms with Crippen molar-refractivity contribution >= 4 is 22.8 Å².